The fourth-order valence-corrected chi connectivity index (χ4v) is 1.79. The molecule has 1 aromatic rings. The van der Waals surface area contributed by atoms with E-state index >= 15 is 0 Å². The molecule has 0 atom stereocenters. The fourth-order valence-electron chi connectivity index (χ4n) is 1.79. The van der Waals surface area contributed by atoms with Gasteiger partial charge in [-0.05, 0) is 44.2 Å². The third-order valence-electron chi connectivity index (χ3n) is 3.13. The summed E-state index contributed by atoms with van der Waals surface area (Å²) in [4.78, 5) is 13.5. The van der Waals surface area contributed by atoms with Gasteiger partial charge >= 0.3 is 0 Å². The summed E-state index contributed by atoms with van der Waals surface area (Å²) in [5.74, 6) is 5.53. The van der Waals surface area contributed by atoms with E-state index in [-0.39, 0.29) is 5.91 Å². The van der Waals surface area contributed by atoms with Crippen molar-refractivity contribution in [1.29, 1.82) is 0 Å². The first kappa shape index (κ1) is 12.9. The maximum absolute atomic E-state index is 11.2. The van der Waals surface area contributed by atoms with E-state index in [0.717, 1.165) is 18.3 Å². The van der Waals surface area contributed by atoms with Crippen molar-refractivity contribution in [2.75, 3.05) is 20.2 Å². The van der Waals surface area contributed by atoms with E-state index in [1.165, 1.54) is 12.8 Å². The number of carbonyl (C=O) groups excluding carboxylic acids is 1. The largest absolute Gasteiger partial charge is 0.492 e. The molecule has 98 valence electrons. The van der Waals surface area contributed by atoms with Crippen molar-refractivity contribution in [1.82, 2.24) is 10.3 Å². The van der Waals surface area contributed by atoms with Crippen molar-refractivity contribution in [3.63, 3.8) is 0 Å². The van der Waals surface area contributed by atoms with Crippen molar-refractivity contribution < 1.29 is 9.53 Å². The molecule has 1 aliphatic carbocycles. The van der Waals surface area contributed by atoms with E-state index < -0.39 is 0 Å². The van der Waals surface area contributed by atoms with Crippen LogP contribution in [0.4, 0.5) is 0 Å². The second kappa shape index (κ2) is 5.84. The molecule has 1 saturated carbocycles. The number of benzene rings is 1. The Labute approximate surface area is 107 Å². The zero-order chi connectivity index (χ0) is 13.0. The van der Waals surface area contributed by atoms with Crippen LogP contribution in [-0.4, -0.2) is 37.0 Å². The zero-order valence-electron chi connectivity index (χ0n) is 10.6. The van der Waals surface area contributed by atoms with Gasteiger partial charge in [0.1, 0.15) is 12.4 Å². The van der Waals surface area contributed by atoms with Crippen LogP contribution in [0.3, 0.4) is 0 Å². The number of hydrogen-bond acceptors (Lipinski definition) is 4. The van der Waals surface area contributed by atoms with Gasteiger partial charge in [0.15, 0.2) is 0 Å². The summed E-state index contributed by atoms with van der Waals surface area (Å²) in [6.07, 6.45) is 2.61. The minimum absolute atomic E-state index is 0.296. The molecule has 0 saturated heterocycles. The quantitative estimate of drug-likeness (QED) is 0.444. The molecule has 1 aliphatic rings. The number of nitrogens with two attached hydrogens (primary N) is 1. The van der Waals surface area contributed by atoms with Gasteiger partial charge < -0.3 is 9.64 Å². The normalized spacial score (nSPS) is 14.6. The lowest BCUT2D eigenvalue weighted by molar-refractivity contribution is 0.0953. The highest BCUT2D eigenvalue weighted by Gasteiger charge is 2.25. The van der Waals surface area contributed by atoms with Gasteiger partial charge in [-0.1, -0.05) is 0 Å². The molecule has 0 aromatic heterocycles. The molecule has 0 aliphatic heterocycles. The maximum Gasteiger partial charge on any atom is 0.265 e. The minimum Gasteiger partial charge on any atom is -0.492 e. The van der Waals surface area contributed by atoms with Crippen molar-refractivity contribution in [2.24, 2.45) is 5.84 Å². The summed E-state index contributed by atoms with van der Waals surface area (Å²) in [7, 11) is 2.12. The zero-order valence-corrected chi connectivity index (χ0v) is 10.6. The van der Waals surface area contributed by atoms with Crippen LogP contribution in [0.1, 0.15) is 23.2 Å². The maximum atomic E-state index is 11.2. The Morgan fingerprint density at radius 1 is 1.44 bits per heavy atom. The van der Waals surface area contributed by atoms with E-state index in [1.807, 2.05) is 0 Å². The number of amides is 1. The molecule has 2 rings (SSSR count). The molecule has 3 N–H and O–H groups in total. The lowest BCUT2D eigenvalue weighted by atomic mass is 10.2. The van der Waals surface area contributed by atoms with Crippen LogP contribution in [0.25, 0.3) is 0 Å². The van der Waals surface area contributed by atoms with Crippen LogP contribution in [0.2, 0.25) is 0 Å². The van der Waals surface area contributed by atoms with Gasteiger partial charge in [0, 0.05) is 18.2 Å². The van der Waals surface area contributed by atoms with Crippen molar-refractivity contribution in [2.45, 2.75) is 18.9 Å². The number of hydrazine groups is 1. The number of nitrogens with one attached hydrogen (secondary N) is 1. The lowest BCUT2D eigenvalue weighted by Gasteiger charge is -2.15. The lowest BCUT2D eigenvalue weighted by Crippen LogP contribution is -2.29. The number of likely N-dealkylation sites (N-methyl/N-ethyl adjacent to an activating group) is 1. The molecule has 5 nitrogen and oxygen atoms in total. The SMILES string of the molecule is CN(CCOc1ccc(C(=O)NN)cc1)C1CC1. The second-order valence-corrected chi connectivity index (χ2v) is 4.56. The predicted molar refractivity (Wildman–Crippen MR) is 69.2 cm³/mol. The topological polar surface area (TPSA) is 67.6 Å². The first-order valence-corrected chi connectivity index (χ1v) is 6.15. The molecule has 0 heterocycles. The number of ether oxygens (including phenoxy) is 1. The summed E-state index contributed by atoms with van der Waals surface area (Å²) < 4.78 is 5.62. The fraction of sp³-hybridized carbons (Fsp3) is 0.462. The van der Waals surface area contributed by atoms with Gasteiger partial charge in [-0.15, -0.1) is 0 Å². The van der Waals surface area contributed by atoms with Crippen molar-refractivity contribution >= 4 is 5.91 Å². The van der Waals surface area contributed by atoms with Gasteiger partial charge in [-0.2, -0.15) is 0 Å². The van der Waals surface area contributed by atoms with Gasteiger partial charge in [0.25, 0.3) is 5.91 Å². The summed E-state index contributed by atoms with van der Waals surface area (Å²) in [6.45, 7) is 1.59. The Hall–Kier alpha value is -1.59. The summed E-state index contributed by atoms with van der Waals surface area (Å²) >= 11 is 0. The molecular weight excluding hydrogens is 230 g/mol. The number of carbonyl (C=O) groups is 1. The number of nitrogen functional groups attached to an aromatic ring is 1. The van der Waals surface area contributed by atoms with E-state index in [1.54, 1.807) is 24.3 Å². The van der Waals surface area contributed by atoms with E-state index in [0.29, 0.717) is 12.2 Å². The van der Waals surface area contributed by atoms with Crippen LogP contribution >= 0.6 is 0 Å². The number of rotatable bonds is 6. The van der Waals surface area contributed by atoms with Crippen LogP contribution < -0.4 is 16.0 Å². The average molecular weight is 249 g/mol. The van der Waals surface area contributed by atoms with Gasteiger partial charge in [0.2, 0.25) is 0 Å². The predicted octanol–water partition coefficient (Wildman–Crippen LogP) is 0.763. The molecule has 0 bridgehead atoms. The molecule has 1 amide bonds. The molecule has 1 fully saturated rings. The average Bonchev–Trinajstić information content (AvgIpc) is 3.23. The van der Waals surface area contributed by atoms with E-state index in [4.69, 9.17) is 10.6 Å². The standard InChI is InChI=1S/C13H19N3O2/c1-16(11-4-5-11)8-9-18-12-6-2-10(3-7-12)13(17)15-14/h2-3,6-7,11H,4-5,8-9,14H2,1H3,(H,15,17). The van der Waals surface area contributed by atoms with E-state index in [2.05, 4.69) is 17.4 Å². The third kappa shape index (κ3) is 3.45. The molecule has 0 radical (unpaired) electrons. The van der Waals surface area contributed by atoms with Crippen molar-refractivity contribution in [3.8, 4) is 5.75 Å². The summed E-state index contributed by atoms with van der Waals surface area (Å²) in [5.41, 5.74) is 2.62. The van der Waals surface area contributed by atoms with Crippen molar-refractivity contribution in [3.05, 3.63) is 29.8 Å². The number of hydrogen-bond donors (Lipinski definition) is 2. The molecule has 18 heavy (non-hydrogen) atoms. The Balaban J connectivity index is 1.77. The van der Waals surface area contributed by atoms with Gasteiger partial charge in [-0.3, -0.25) is 10.2 Å². The van der Waals surface area contributed by atoms with E-state index in [9.17, 15) is 4.79 Å². The minimum atomic E-state index is -0.296. The smallest absolute Gasteiger partial charge is 0.265 e. The van der Waals surface area contributed by atoms with Gasteiger partial charge in [0.05, 0.1) is 0 Å². The monoisotopic (exact) mass is 249 g/mol. The van der Waals surface area contributed by atoms with Crippen LogP contribution in [0, 0.1) is 0 Å². The first-order valence-electron chi connectivity index (χ1n) is 6.15. The highest BCUT2D eigenvalue weighted by molar-refractivity contribution is 5.93. The third-order valence-corrected chi connectivity index (χ3v) is 3.13. The molecule has 0 spiro atoms. The molecule has 0 unspecified atom stereocenters. The Bertz CT molecular complexity index is 401. The van der Waals surface area contributed by atoms with Crippen LogP contribution in [0.15, 0.2) is 24.3 Å². The Morgan fingerprint density at radius 2 is 2.11 bits per heavy atom. The Kier molecular flexibility index (Phi) is 4.17. The van der Waals surface area contributed by atoms with Gasteiger partial charge in [-0.25, -0.2) is 5.84 Å². The number of nitrogens with zero attached hydrogens (tertiary/aromatic N) is 1. The molecule has 5 heteroatoms. The van der Waals surface area contributed by atoms with Crippen LogP contribution in [0.5, 0.6) is 5.75 Å². The van der Waals surface area contributed by atoms with Crippen LogP contribution in [-0.2, 0) is 0 Å². The highest BCUT2D eigenvalue weighted by atomic mass is 16.5. The summed E-state index contributed by atoms with van der Waals surface area (Å²) in [6, 6.07) is 7.71. The molecular formula is C13H19N3O2. The second-order valence-electron chi connectivity index (χ2n) is 4.56. The Morgan fingerprint density at radius 3 is 2.67 bits per heavy atom. The molecule has 1 aromatic carbocycles. The summed E-state index contributed by atoms with van der Waals surface area (Å²) in [5, 5.41) is 0. The highest BCUT2D eigenvalue weighted by Crippen LogP contribution is 2.24. The first-order chi connectivity index (χ1) is 8.70.